The Bertz CT molecular complexity index is 1600. The van der Waals surface area contributed by atoms with Crippen molar-refractivity contribution in [3.05, 3.63) is 90.5 Å². The molecule has 2 aromatic carbocycles. The average molecular weight is 504 g/mol. The number of nitrogens with one attached hydrogen (secondary N) is 3. The van der Waals surface area contributed by atoms with Crippen molar-refractivity contribution < 1.29 is 22.7 Å². The third-order valence-electron chi connectivity index (χ3n) is 5.58. The van der Waals surface area contributed by atoms with Crippen LogP contribution >= 0.6 is 0 Å². The number of alkyl halides is 3. The number of anilines is 3. The quantitative estimate of drug-likeness (QED) is 0.260. The van der Waals surface area contributed by atoms with Gasteiger partial charge in [0, 0.05) is 34.6 Å². The lowest BCUT2D eigenvalue weighted by Gasteiger charge is -2.15. The summed E-state index contributed by atoms with van der Waals surface area (Å²) in [5, 5.41) is 6.67. The molecule has 37 heavy (non-hydrogen) atoms. The Morgan fingerprint density at radius 1 is 1.00 bits per heavy atom. The summed E-state index contributed by atoms with van der Waals surface area (Å²) in [7, 11) is 1.49. The van der Waals surface area contributed by atoms with E-state index in [2.05, 4.69) is 30.6 Å². The van der Waals surface area contributed by atoms with E-state index in [1.54, 1.807) is 36.7 Å². The summed E-state index contributed by atoms with van der Waals surface area (Å²) < 4.78 is 44.6. The number of nitrogens with zero attached hydrogens (tertiary/aromatic N) is 3. The van der Waals surface area contributed by atoms with Crippen LogP contribution < -0.4 is 15.4 Å². The Kier molecular flexibility index (Phi) is 6.18. The first-order chi connectivity index (χ1) is 17.8. The van der Waals surface area contributed by atoms with Crippen LogP contribution in [-0.4, -0.2) is 33.0 Å². The second-order valence-electron chi connectivity index (χ2n) is 7.93. The van der Waals surface area contributed by atoms with Crippen molar-refractivity contribution in [2.45, 2.75) is 6.18 Å². The first-order valence-corrected chi connectivity index (χ1v) is 11.0. The van der Waals surface area contributed by atoms with Crippen LogP contribution in [-0.2, 0) is 6.18 Å². The van der Waals surface area contributed by atoms with Crippen LogP contribution in [0, 0.1) is 0 Å². The van der Waals surface area contributed by atoms with Gasteiger partial charge in [0.05, 0.1) is 24.1 Å². The third-order valence-corrected chi connectivity index (χ3v) is 5.58. The molecule has 0 saturated heterocycles. The topological polar surface area (TPSA) is 105 Å². The molecule has 0 unspecified atom stereocenters. The van der Waals surface area contributed by atoms with Gasteiger partial charge in [-0.25, -0.2) is 15.0 Å². The van der Waals surface area contributed by atoms with E-state index >= 15 is 0 Å². The summed E-state index contributed by atoms with van der Waals surface area (Å²) in [6, 6.07) is 14.6. The summed E-state index contributed by atoms with van der Waals surface area (Å²) in [5.41, 5.74) is 1.84. The van der Waals surface area contributed by atoms with Gasteiger partial charge in [0.25, 0.3) is 5.91 Å². The van der Waals surface area contributed by atoms with E-state index in [-0.39, 0.29) is 5.56 Å². The second kappa shape index (κ2) is 9.61. The number of carbonyl (C=O) groups is 1. The molecule has 0 spiro atoms. The van der Waals surface area contributed by atoms with E-state index in [1.165, 1.54) is 25.6 Å². The summed E-state index contributed by atoms with van der Waals surface area (Å²) in [6.07, 6.45) is 0.290. The van der Waals surface area contributed by atoms with Crippen molar-refractivity contribution in [2.24, 2.45) is 0 Å². The summed E-state index contributed by atoms with van der Waals surface area (Å²) in [6.45, 7) is 0. The minimum absolute atomic E-state index is 0.119. The van der Waals surface area contributed by atoms with Crippen molar-refractivity contribution in [2.75, 3.05) is 17.7 Å². The van der Waals surface area contributed by atoms with Crippen LogP contribution in [0.3, 0.4) is 0 Å². The number of pyridine rings is 1. The van der Waals surface area contributed by atoms with Gasteiger partial charge in [-0.2, -0.15) is 13.2 Å². The number of aromatic nitrogens is 4. The zero-order valence-electron chi connectivity index (χ0n) is 19.3. The number of benzene rings is 2. The Hall–Kier alpha value is -4.93. The van der Waals surface area contributed by atoms with E-state index in [0.29, 0.717) is 39.8 Å². The smallest absolute Gasteiger partial charge is 0.416 e. The van der Waals surface area contributed by atoms with Gasteiger partial charge < -0.3 is 20.4 Å². The number of rotatable bonds is 6. The molecule has 0 bridgehead atoms. The Balaban J connectivity index is 1.46. The number of methoxy groups -OCH3 is 1. The van der Waals surface area contributed by atoms with E-state index in [0.717, 1.165) is 17.5 Å². The van der Waals surface area contributed by atoms with Crippen molar-refractivity contribution in [3.8, 4) is 17.0 Å². The molecule has 0 fully saturated rings. The molecule has 0 atom stereocenters. The van der Waals surface area contributed by atoms with Gasteiger partial charge in [-0.1, -0.05) is 6.07 Å². The molecular weight excluding hydrogens is 485 g/mol. The van der Waals surface area contributed by atoms with E-state index < -0.39 is 17.6 Å². The standard InChI is InChI=1S/C26H19F3N6O2/c1-37-21-8-7-17(34-25(36)15-4-2-5-16(12-15)26(27,28)29)13-20(21)35-24-18(6-3-10-30-24)22-19-9-11-31-23(19)33-14-32-22/h2-14H,1H3,(H,30,35)(H,34,36)(H,31,32,33). The minimum Gasteiger partial charge on any atom is -0.495 e. The molecule has 3 N–H and O–H groups in total. The number of ether oxygens (including phenoxy) is 1. The number of fused-ring (bicyclic) bond motifs is 1. The van der Waals surface area contributed by atoms with Gasteiger partial charge in [-0.3, -0.25) is 4.79 Å². The van der Waals surface area contributed by atoms with Crippen molar-refractivity contribution in [1.82, 2.24) is 19.9 Å². The van der Waals surface area contributed by atoms with Gasteiger partial charge in [0.2, 0.25) is 0 Å². The van der Waals surface area contributed by atoms with Gasteiger partial charge >= 0.3 is 6.18 Å². The molecule has 3 aromatic heterocycles. The molecule has 5 rings (SSSR count). The maximum absolute atomic E-state index is 13.1. The van der Waals surface area contributed by atoms with Crippen LogP contribution in [0.5, 0.6) is 5.75 Å². The first kappa shape index (κ1) is 23.8. The predicted octanol–water partition coefficient (Wildman–Crippen LogP) is 6.04. The van der Waals surface area contributed by atoms with Gasteiger partial charge in [0.15, 0.2) is 0 Å². The van der Waals surface area contributed by atoms with Crippen molar-refractivity contribution in [3.63, 3.8) is 0 Å². The predicted molar refractivity (Wildman–Crippen MR) is 133 cm³/mol. The van der Waals surface area contributed by atoms with Gasteiger partial charge in [-0.05, 0) is 54.6 Å². The molecule has 0 radical (unpaired) electrons. The van der Waals surface area contributed by atoms with E-state index in [4.69, 9.17) is 4.74 Å². The average Bonchev–Trinajstić information content (AvgIpc) is 3.38. The Morgan fingerprint density at radius 3 is 2.68 bits per heavy atom. The highest BCUT2D eigenvalue weighted by Crippen LogP contribution is 2.35. The number of hydrogen-bond donors (Lipinski definition) is 3. The van der Waals surface area contributed by atoms with Crippen LogP contribution in [0.1, 0.15) is 15.9 Å². The molecule has 3 heterocycles. The molecule has 1 amide bonds. The molecule has 186 valence electrons. The van der Waals surface area contributed by atoms with Crippen LogP contribution in [0.2, 0.25) is 0 Å². The number of hydrogen-bond acceptors (Lipinski definition) is 6. The fourth-order valence-electron chi connectivity index (χ4n) is 3.83. The number of H-pyrrole nitrogens is 1. The van der Waals surface area contributed by atoms with Gasteiger partial charge in [0.1, 0.15) is 23.5 Å². The number of halogens is 3. The summed E-state index contributed by atoms with van der Waals surface area (Å²) >= 11 is 0. The number of aromatic amines is 1. The molecule has 11 heteroatoms. The zero-order chi connectivity index (χ0) is 26.0. The largest absolute Gasteiger partial charge is 0.495 e. The molecule has 0 aliphatic carbocycles. The number of amides is 1. The maximum Gasteiger partial charge on any atom is 0.416 e. The van der Waals surface area contributed by atoms with Crippen molar-refractivity contribution >= 4 is 34.1 Å². The Labute approximate surface area is 208 Å². The van der Waals surface area contributed by atoms with Crippen LogP contribution in [0.4, 0.5) is 30.4 Å². The molecule has 0 aliphatic rings. The van der Waals surface area contributed by atoms with Crippen LogP contribution in [0.15, 0.2) is 79.4 Å². The molecule has 8 nitrogen and oxygen atoms in total. The first-order valence-electron chi connectivity index (χ1n) is 11.0. The van der Waals surface area contributed by atoms with Crippen LogP contribution in [0.25, 0.3) is 22.3 Å². The summed E-state index contributed by atoms with van der Waals surface area (Å²) in [5.74, 6) is 0.253. The third kappa shape index (κ3) is 4.92. The second-order valence-corrected chi connectivity index (χ2v) is 7.93. The molecular formula is C26H19F3N6O2. The maximum atomic E-state index is 13.1. The fraction of sp³-hybridized carbons (Fsp3) is 0.0769. The summed E-state index contributed by atoms with van der Waals surface area (Å²) in [4.78, 5) is 28.9. The molecule has 0 aliphatic heterocycles. The van der Waals surface area contributed by atoms with Gasteiger partial charge in [-0.15, -0.1) is 0 Å². The van der Waals surface area contributed by atoms with E-state index in [9.17, 15) is 18.0 Å². The SMILES string of the molecule is COc1ccc(NC(=O)c2cccc(C(F)(F)F)c2)cc1Nc1ncccc1-c1ncnc2[nH]ccc12. The highest BCUT2D eigenvalue weighted by molar-refractivity contribution is 6.04. The minimum atomic E-state index is -4.55. The monoisotopic (exact) mass is 504 g/mol. The Morgan fingerprint density at radius 2 is 1.86 bits per heavy atom. The number of carbonyl (C=O) groups excluding carboxylic acids is 1. The lowest BCUT2D eigenvalue weighted by molar-refractivity contribution is -0.137. The highest BCUT2D eigenvalue weighted by atomic mass is 19.4. The van der Waals surface area contributed by atoms with Crippen molar-refractivity contribution in [1.29, 1.82) is 0 Å². The lowest BCUT2D eigenvalue weighted by atomic mass is 10.1. The molecule has 0 saturated carbocycles. The fourth-order valence-corrected chi connectivity index (χ4v) is 3.83. The van der Waals surface area contributed by atoms with E-state index in [1.807, 2.05) is 12.1 Å². The zero-order valence-corrected chi connectivity index (χ0v) is 19.3. The molecule has 5 aromatic rings. The highest BCUT2D eigenvalue weighted by Gasteiger charge is 2.31. The lowest BCUT2D eigenvalue weighted by Crippen LogP contribution is -2.14. The normalized spacial score (nSPS) is 11.4.